The van der Waals surface area contributed by atoms with E-state index in [1.54, 1.807) is 0 Å². The minimum Gasteiger partial charge on any atom is -0.339 e. The van der Waals surface area contributed by atoms with Crippen LogP contribution in [0.2, 0.25) is 0 Å². The van der Waals surface area contributed by atoms with Crippen LogP contribution in [0, 0.1) is 0 Å². The third kappa shape index (κ3) is 8.25. The first-order chi connectivity index (χ1) is 7.50. The van der Waals surface area contributed by atoms with Crippen LogP contribution in [0.3, 0.4) is 0 Å². The first-order valence-electron chi connectivity index (χ1n) is 3.35. The van der Waals surface area contributed by atoms with Crippen molar-refractivity contribution in [3.8, 4) is 0 Å². The normalized spacial score (nSPS) is 7.50. The fourth-order valence-electron chi connectivity index (χ4n) is 0.346. The van der Waals surface area contributed by atoms with E-state index in [0.29, 0.717) is 0 Å². The van der Waals surface area contributed by atoms with Crippen molar-refractivity contribution in [2.24, 2.45) is 0 Å². The molecule has 0 unspecified atom stereocenters. The summed E-state index contributed by atoms with van der Waals surface area (Å²) in [6.45, 7) is 0. The van der Waals surface area contributed by atoms with Crippen LogP contribution in [0.5, 0.6) is 0 Å². The Morgan fingerprint density at radius 1 is 0.562 bits per heavy atom. The van der Waals surface area contributed by atoms with Gasteiger partial charge in [-0.3, -0.25) is 30.9 Å². The van der Waals surface area contributed by atoms with Gasteiger partial charge in [-0.05, 0) is 19.0 Å². The van der Waals surface area contributed by atoms with Gasteiger partial charge in [0.05, 0.1) is 0 Å². The van der Waals surface area contributed by atoms with Gasteiger partial charge in [0, 0.05) is 0 Å². The van der Waals surface area contributed by atoms with Gasteiger partial charge in [-0.1, -0.05) is 0 Å². The molecular weight excluding hydrogens is 235 g/mol. The van der Waals surface area contributed by atoms with Gasteiger partial charge in [-0.15, -0.1) is 0 Å². The van der Waals surface area contributed by atoms with Gasteiger partial charge in [0.2, 0.25) is 0 Å². The molecule has 0 bridgehead atoms. The smallest absolute Gasteiger partial charge is 0.339 e. The summed E-state index contributed by atoms with van der Waals surface area (Å²) in [5.74, 6) is 0. The topological polar surface area (TPSA) is 158 Å². The molecule has 0 aliphatic heterocycles. The molecule has 2 radical (unpaired) electrons. The van der Waals surface area contributed by atoms with Crippen LogP contribution in [0.1, 0.15) is 0 Å². The maximum absolute atomic E-state index is 3.25. The van der Waals surface area contributed by atoms with E-state index >= 15 is 0 Å². The molecule has 0 aliphatic carbocycles. The molecule has 3 aromatic heterocycles. The quantitative estimate of drug-likeness (QED) is 0.374. The first kappa shape index (κ1) is 13.6. The Kier molecular flexibility index (Phi) is 9.14. The Morgan fingerprint density at radius 2 is 0.875 bits per heavy atom. The zero-order chi connectivity index (χ0) is 10.6. The predicted molar refractivity (Wildman–Crippen MR) is 46.4 cm³/mol. The molecule has 0 spiro atoms. The second kappa shape index (κ2) is 10.7. The largest absolute Gasteiger partial charge is 3.00 e. The summed E-state index contributed by atoms with van der Waals surface area (Å²) >= 11 is 0. The number of tetrazole rings is 3. The Morgan fingerprint density at radius 3 is 0.938 bits per heavy atom. The number of hydrogen-bond acceptors (Lipinski definition) is 9. The van der Waals surface area contributed by atoms with Crippen molar-refractivity contribution < 1.29 is 0 Å². The van der Waals surface area contributed by atoms with Gasteiger partial charge in [0.15, 0.2) is 0 Å². The summed E-state index contributed by atoms with van der Waals surface area (Å²) in [6.07, 6.45) is 3.83. The molecule has 0 aromatic carbocycles. The van der Waals surface area contributed by atoms with Crippen LogP contribution in [0.4, 0.5) is 0 Å². The average Bonchev–Trinajstić information content (AvgIpc) is 3.09. The molecule has 0 fully saturated rings. The zero-order valence-electron chi connectivity index (χ0n) is 7.55. The molecule has 12 nitrogen and oxygen atoms in total. The maximum atomic E-state index is 3.25. The molecule has 3 heterocycles. The fourth-order valence-corrected chi connectivity index (χ4v) is 0.346. The van der Waals surface area contributed by atoms with Crippen LogP contribution >= 0.6 is 9.90 Å². The molecule has 16 heavy (non-hydrogen) atoms. The second-order valence-corrected chi connectivity index (χ2v) is 1.58. The van der Waals surface area contributed by atoms with Gasteiger partial charge in [-0.2, -0.15) is 15.6 Å². The summed E-state index contributed by atoms with van der Waals surface area (Å²) in [7, 11) is 0. The van der Waals surface area contributed by atoms with Crippen LogP contribution in [-0.4, -0.2) is 46.6 Å². The summed E-state index contributed by atoms with van der Waals surface area (Å²) in [6, 6.07) is 0. The van der Waals surface area contributed by atoms with Crippen molar-refractivity contribution in [2.45, 2.75) is 0 Å². The molecule has 0 amide bonds. The third-order valence-corrected chi connectivity index (χ3v) is 0.740. The van der Waals surface area contributed by atoms with Gasteiger partial charge in [0.25, 0.3) is 0 Å². The molecule has 13 heteroatoms. The number of rotatable bonds is 0. The molecule has 0 saturated heterocycles. The Hall–Kier alpha value is -2.36. The van der Waals surface area contributed by atoms with E-state index in [4.69, 9.17) is 0 Å². The number of nitrogens with zero attached hydrogens (tertiary/aromatic N) is 12. The van der Waals surface area contributed by atoms with Crippen LogP contribution < -0.4 is 15.3 Å². The number of aromatic nitrogens is 12. The number of hydrogen-bond donors (Lipinski definition) is 0. The molecule has 80 valence electrons. The Balaban J connectivity index is 0.000000205. The van der Waals surface area contributed by atoms with Crippen molar-refractivity contribution in [1.29, 1.82) is 0 Å². The summed E-state index contributed by atoms with van der Waals surface area (Å²) in [4.78, 5) is 0. The minimum atomic E-state index is 0. The minimum absolute atomic E-state index is 0. The summed E-state index contributed by atoms with van der Waals surface area (Å²) in [5, 5.41) is 38.2. The van der Waals surface area contributed by atoms with Crippen molar-refractivity contribution >= 4 is 9.90 Å². The molecule has 0 aliphatic rings. The molecule has 3 aromatic rings. The molecule has 3 rings (SSSR count). The van der Waals surface area contributed by atoms with E-state index in [-0.39, 0.29) is 9.90 Å². The van der Waals surface area contributed by atoms with Crippen molar-refractivity contribution in [3.05, 3.63) is 19.0 Å². The Labute approximate surface area is 91.6 Å². The van der Waals surface area contributed by atoms with Gasteiger partial charge in [0.1, 0.15) is 0 Å². The van der Waals surface area contributed by atoms with Crippen LogP contribution in [-0.2, 0) is 0 Å². The first-order valence-corrected chi connectivity index (χ1v) is 3.35. The summed E-state index contributed by atoms with van der Waals surface area (Å²) in [5.41, 5.74) is 0. The van der Waals surface area contributed by atoms with Gasteiger partial charge >= 0.3 is 9.90 Å². The standard InChI is InChI=1S/3CHN4.P/c3*1-2-4-5-3-1;/h3*1H;/q3*-1;+3. The van der Waals surface area contributed by atoms with Crippen molar-refractivity contribution in [1.82, 2.24) is 61.9 Å². The van der Waals surface area contributed by atoms with E-state index in [1.807, 2.05) is 0 Å². The molecular formula is C3H3N12P. The van der Waals surface area contributed by atoms with E-state index in [2.05, 4.69) is 61.9 Å². The summed E-state index contributed by atoms with van der Waals surface area (Å²) < 4.78 is 0. The fraction of sp³-hybridized carbons (Fsp3) is 0. The van der Waals surface area contributed by atoms with E-state index in [0.717, 1.165) is 0 Å². The van der Waals surface area contributed by atoms with Crippen LogP contribution in [0.25, 0.3) is 0 Å². The molecule has 0 atom stereocenters. The van der Waals surface area contributed by atoms with Gasteiger partial charge < -0.3 is 15.3 Å². The zero-order valence-corrected chi connectivity index (χ0v) is 8.44. The predicted octanol–water partition coefficient (Wildman–Crippen LogP) is -2.65. The van der Waals surface area contributed by atoms with Crippen molar-refractivity contribution in [2.75, 3.05) is 0 Å². The maximum Gasteiger partial charge on any atom is 3.00 e. The second-order valence-electron chi connectivity index (χ2n) is 1.58. The van der Waals surface area contributed by atoms with E-state index in [9.17, 15) is 0 Å². The van der Waals surface area contributed by atoms with Crippen LogP contribution in [0.15, 0.2) is 19.0 Å². The third-order valence-electron chi connectivity index (χ3n) is 0.740. The van der Waals surface area contributed by atoms with Crippen molar-refractivity contribution in [3.63, 3.8) is 0 Å². The van der Waals surface area contributed by atoms with Gasteiger partial charge in [-0.25, -0.2) is 0 Å². The monoisotopic (exact) mass is 238 g/mol. The average molecular weight is 238 g/mol. The molecule has 0 saturated carbocycles. The molecule has 0 N–H and O–H groups in total. The van der Waals surface area contributed by atoms with E-state index in [1.165, 1.54) is 19.0 Å². The Bertz CT molecular complexity index is 248. The van der Waals surface area contributed by atoms with E-state index < -0.39 is 0 Å². The SMILES string of the molecule is [P+3].c1nnn[n-]1.c1nnn[n-]1.c1nnn[n-]1.